The zero-order valence-corrected chi connectivity index (χ0v) is 42.4. The minimum absolute atomic E-state index is 0.111. The summed E-state index contributed by atoms with van der Waals surface area (Å²) in [6.07, 6.45) is 73.2. The number of hydrogen-bond donors (Lipinski definition) is 0. The molecule has 0 heterocycles. The molecule has 0 rings (SSSR count). The van der Waals surface area contributed by atoms with Crippen LogP contribution in [0, 0.1) is 0 Å². The molecule has 66 heavy (non-hydrogen) atoms. The van der Waals surface area contributed by atoms with Crippen LogP contribution in [0.25, 0.3) is 0 Å². The molecule has 372 valence electrons. The maximum Gasteiger partial charge on any atom is 0.306 e. The van der Waals surface area contributed by atoms with Gasteiger partial charge in [0, 0.05) is 19.3 Å². The Bertz CT molecular complexity index is 1420. The summed E-state index contributed by atoms with van der Waals surface area (Å²) in [6, 6.07) is 0. The quantitative estimate of drug-likeness (QED) is 0.0199. The Kier molecular flexibility index (Phi) is 50.0. The van der Waals surface area contributed by atoms with Gasteiger partial charge in [0.05, 0.1) is 0 Å². The molecule has 0 amide bonds. The van der Waals surface area contributed by atoms with Crippen molar-refractivity contribution >= 4 is 17.9 Å². The molecule has 0 spiro atoms. The van der Waals surface area contributed by atoms with Gasteiger partial charge in [0.1, 0.15) is 13.2 Å². The molecule has 1 atom stereocenters. The third-order valence-corrected chi connectivity index (χ3v) is 10.9. The van der Waals surface area contributed by atoms with Crippen LogP contribution in [0.3, 0.4) is 0 Å². The van der Waals surface area contributed by atoms with Crippen molar-refractivity contribution < 1.29 is 28.6 Å². The maximum atomic E-state index is 12.8. The first-order valence-electron chi connectivity index (χ1n) is 26.7. The highest BCUT2D eigenvalue weighted by molar-refractivity contribution is 5.71. The molecule has 0 aromatic carbocycles. The lowest BCUT2D eigenvalue weighted by molar-refractivity contribution is -0.167. The third kappa shape index (κ3) is 50.8. The fraction of sp³-hybridized carbons (Fsp3) is 0.617. The van der Waals surface area contributed by atoms with Gasteiger partial charge in [-0.25, -0.2) is 0 Å². The highest BCUT2D eigenvalue weighted by Crippen LogP contribution is 2.14. The van der Waals surface area contributed by atoms with Crippen LogP contribution in [-0.2, 0) is 28.6 Å². The largest absolute Gasteiger partial charge is 0.462 e. The van der Waals surface area contributed by atoms with E-state index in [1.54, 1.807) is 0 Å². The smallest absolute Gasteiger partial charge is 0.306 e. The van der Waals surface area contributed by atoms with Gasteiger partial charge < -0.3 is 14.2 Å². The van der Waals surface area contributed by atoms with Crippen molar-refractivity contribution in [3.63, 3.8) is 0 Å². The van der Waals surface area contributed by atoms with Crippen molar-refractivity contribution in [2.45, 2.75) is 226 Å². The second kappa shape index (κ2) is 53.4. The van der Waals surface area contributed by atoms with Crippen LogP contribution < -0.4 is 0 Å². The molecule has 1 unspecified atom stereocenters. The molecule has 0 radical (unpaired) electrons. The van der Waals surface area contributed by atoms with E-state index in [0.29, 0.717) is 19.3 Å². The second-order valence-corrected chi connectivity index (χ2v) is 17.2. The minimum atomic E-state index is -0.817. The first-order valence-corrected chi connectivity index (χ1v) is 26.7. The highest BCUT2D eigenvalue weighted by atomic mass is 16.6. The number of rotatable bonds is 46. The van der Waals surface area contributed by atoms with Crippen molar-refractivity contribution in [2.24, 2.45) is 0 Å². The molecular formula is C60H96O6. The van der Waals surface area contributed by atoms with Crippen LogP contribution in [0.2, 0.25) is 0 Å². The molecule has 0 aromatic heterocycles. The lowest BCUT2D eigenvalue weighted by atomic mass is 10.1. The van der Waals surface area contributed by atoms with Crippen LogP contribution in [0.4, 0.5) is 0 Å². The number of carbonyl (C=O) groups excluding carboxylic acids is 3. The maximum absolute atomic E-state index is 12.8. The predicted octanol–water partition coefficient (Wildman–Crippen LogP) is 17.7. The van der Waals surface area contributed by atoms with E-state index in [1.165, 1.54) is 70.6 Å². The molecule has 0 aromatic rings. The van der Waals surface area contributed by atoms with Crippen LogP contribution in [0.5, 0.6) is 0 Å². The minimum Gasteiger partial charge on any atom is -0.462 e. The first kappa shape index (κ1) is 61.8. The molecule has 0 saturated carbocycles. The molecule has 6 nitrogen and oxygen atoms in total. The highest BCUT2D eigenvalue weighted by Gasteiger charge is 2.19. The summed E-state index contributed by atoms with van der Waals surface area (Å²) in [6.45, 7) is 6.29. The van der Waals surface area contributed by atoms with Gasteiger partial charge in [-0.2, -0.15) is 0 Å². The normalized spacial score (nSPS) is 13.1. The molecule has 0 N–H and O–H groups in total. The predicted molar refractivity (Wildman–Crippen MR) is 283 cm³/mol. The van der Waals surface area contributed by atoms with Gasteiger partial charge in [0.2, 0.25) is 0 Å². The van der Waals surface area contributed by atoms with Gasteiger partial charge in [-0.15, -0.1) is 0 Å². The van der Waals surface area contributed by atoms with Crippen molar-refractivity contribution in [1.82, 2.24) is 0 Å². The van der Waals surface area contributed by atoms with E-state index in [2.05, 4.69) is 81.5 Å². The number of carbonyl (C=O) groups is 3. The van der Waals surface area contributed by atoms with E-state index in [4.69, 9.17) is 14.2 Å². The van der Waals surface area contributed by atoms with Gasteiger partial charge in [0.15, 0.2) is 6.10 Å². The van der Waals surface area contributed by atoms with Crippen molar-refractivity contribution in [3.05, 3.63) is 122 Å². The summed E-state index contributed by atoms with van der Waals surface area (Å²) >= 11 is 0. The number of ether oxygens (including phenoxy) is 3. The van der Waals surface area contributed by atoms with Gasteiger partial charge in [-0.1, -0.05) is 239 Å². The summed E-state index contributed by atoms with van der Waals surface area (Å²) < 4.78 is 16.8. The Morgan fingerprint density at radius 3 is 0.985 bits per heavy atom. The van der Waals surface area contributed by atoms with Crippen LogP contribution in [0.1, 0.15) is 220 Å². The number of unbranched alkanes of at least 4 members (excludes halogenated alkanes) is 22. The standard InChI is InChI=1S/C60H96O6/c1-4-7-10-13-16-19-22-25-27-29-31-32-35-38-41-44-47-50-53-59(62)65-56-57(55-64-58(61)52-49-46-43-40-37-34-24-21-18-15-12-9-6-3)66-60(63)54-51-48-45-42-39-36-33-30-28-26-23-20-17-14-11-8-5-2/h8-9,11-12,14-15,17-18,20-21,23-24,26,28,30-33,36,39,57H,4-7,10,13,16,19,22,25,27,29,34-35,37-38,40-56H2,1-3H3/b11-8+,12-9+,17-14+,18-15+,23-20+,24-21+,28-26+,32-31+,33-30+,39-36+. The summed E-state index contributed by atoms with van der Waals surface area (Å²) in [4.78, 5) is 38.0. The van der Waals surface area contributed by atoms with E-state index < -0.39 is 6.10 Å². The topological polar surface area (TPSA) is 78.9 Å². The Hall–Kier alpha value is -4.19. The van der Waals surface area contributed by atoms with Crippen molar-refractivity contribution in [1.29, 1.82) is 0 Å². The Balaban J connectivity index is 4.52. The van der Waals surface area contributed by atoms with E-state index >= 15 is 0 Å². The molecule has 6 heteroatoms. The average molecular weight is 913 g/mol. The average Bonchev–Trinajstić information content (AvgIpc) is 3.31. The lowest BCUT2D eigenvalue weighted by Gasteiger charge is -2.18. The van der Waals surface area contributed by atoms with Crippen LogP contribution in [-0.4, -0.2) is 37.2 Å². The Morgan fingerprint density at radius 1 is 0.318 bits per heavy atom. The molecule has 0 bridgehead atoms. The second-order valence-electron chi connectivity index (χ2n) is 17.2. The summed E-state index contributed by atoms with van der Waals surface area (Å²) in [5, 5.41) is 0. The monoisotopic (exact) mass is 913 g/mol. The SMILES string of the molecule is CC/C=C/C=C/C=C/C=C/C=C/C=C/CCCCCC(=O)OC(COC(=O)CCCCCCC/C=C/C=C/C=C/CC)COC(=O)CCCCCCC/C=C/CCCCCCCCCCC. The van der Waals surface area contributed by atoms with E-state index in [9.17, 15) is 14.4 Å². The van der Waals surface area contributed by atoms with Crippen molar-refractivity contribution in [2.75, 3.05) is 13.2 Å². The molecule has 0 saturated heterocycles. The Labute approximate surface area is 405 Å². The number of hydrogen-bond acceptors (Lipinski definition) is 6. The zero-order valence-electron chi connectivity index (χ0n) is 42.4. The van der Waals surface area contributed by atoms with Gasteiger partial charge in [0.25, 0.3) is 0 Å². The Morgan fingerprint density at radius 2 is 0.606 bits per heavy atom. The van der Waals surface area contributed by atoms with Crippen molar-refractivity contribution in [3.8, 4) is 0 Å². The van der Waals surface area contributed by atoms with Gasteiger partial charge in [-0.3, -0.25) is 14.4 Å². The molecule has 0 fully saturated rings. The van der Waals surface area contributed by atoms with E-state index in [1.807, 2.05) is 60.8 Å². The number of esters is 3. The molecule has 0 aliphatic rings. The van der Waals surface area contributed by atoms with Crippen LogP contribution >= 0.6 is 0 Å². The van der Waals surface area contributed by atoms with Crippen LogP contribution in [0.15, 0.2) is 122 Å². The van der Waals surface area contributed by atoms with Gasteiger partial charge in [-0.05, 0) is 83.5 Å². The summed E-state index contributed by atoms with van der Waals surface area (Å²) in [5.74, 6) is -0.989. The fourth-order valence-electron chi connectivity index (χ4n) is 6.94. The fourth-order valence-corrected chi connectivity index (χ4v) is 6.94. The van der Waals surface area contributed by atoms with E-state index in [-0.39, 0.29) is 37.5 Å². The lowest BCUT2D eigenvalue weighted by Crippen LogP contribution is -2.30. The summed E-state index contributed by atoms with van der Waals surface area (Å²) in [7, 11) is 0. The molecule has 0 aliphatic carbocycles. The van der Waals surface area contributed by atoms with Gasteiger partial charge >= 0.3 is 17.9 Å². The zero-order chi connectivity index (χ0) is 47.9. The first-order chi connectivity index (χ1) is 32.5. The molecule has 0 aliphatic heterocycles. The third-order valence-electron chi connectivity index (χ3n) is 10.9. The van der Waals surface area contributed by atoms with E-state index in [0.717, 1.165) is 103 Å². The molecular weight excluding hydrogens is 817 g/mol. The summed E-state index contributed by atoms with van der Waals surface area (Å²) in [5.41, 5.74) is 0. The number of allylic oxidation sites excluding steroid dienone is 20.